The number of aromatic amines is 1. The highest BCUT2D eigenvalue weighted by molar-refractivity contribution is 5.44. The molecule has 0 saturated heterocycles. The van der Waals surface area contributed by atoms with Gasteiger partial charge in [0.2, 0.25) is 0 Å². The first-order chi connectivity index (χ1) is 7.81. The topological polar surface area (TPSA) is 92.5 Å². The molecule has 2 rings (SSSR count). The Morgan fingerprint density at radius 3 is 3.06 bits per heavy atom. The Bertz CT molecular complexity index is 438. The SMILES string of the molecule is CNC(Cc1cnccc1N)c1ncn[nH]1. The summed E-state index contributed by atoms with van der Waals surface area (Å²) < 4.78 is 0. The highest BCUT2D eigenvalue weighted by Gasteiger charge is 2.14. The van der Waals surface area contributed by atoms with Gasteiger partial charge in [-0.15, -0.1) is 0 Å². The lowest BCUT2D eigenvalue weighted by Gasteiger charge is -2.13. The van der Waals surface area contributed by atoms with Crippen LogP contribution < -0.4 is 11.1 Å². The standard InChI is InChI=1S/C10H14N6/c1-12-9(10-14-6-15-16-10)4-7-5-13-3-2-8(7)11/h2-3,5-6,9,12H,4H2,1H3,(H2,11,13)(H,14,15,16). The predicted molar refractivity (Wildman–Crippen MR) is 60.5 cm³/mol. The van der Waals surface area contributed by atoms with Crippen molar-refractivity contribution in [1.29, 1.82) is 0 Å². The quantitative estimate of drug-likeness (QED) is 0.685. The van der Waals surface area contributed by atoms with E-state index in [0.29, 0.717) is 0 Å². The lowest BCUT2D eigenvalue weighted by atomic mass is 10.1. The Hall–Kier alpha value is -1.95. The van der Waals surface area contributed by atoms with Gasteiger partial charge in [0.25, 0.3) is 0 Å². The number of hydrogen-bond acceptors (Lipinski definition) is 5. The van der Waals surface area contributed by atoms with Crippen LogP contribution in [0.3, 0.4) is 0 Å². The molecule has 2 heterocycles. The zero-order valence-electron chi connectivity index (χ0n) is 9.01. The number of nitrogens with one attached hydrogen (secondary N) is 2. The van der Waals surface area contributed by atoms with E-state index in [1.165, 1.54) is 6.33 Å². The maximum absolute atomic E-state index is 5.86. The van der Waals surface area contributed by atoms with Crippen LogP contribution in [-0.2, 0) is 6.42 Å². The number of likely N-dealkylation sites (N-methyl/N-ethyl adjacent to an activating group) is 1. The van der Waals surface area contributed by atoms with Crippen LogP contribution in [0.5, 0.6) is 0 Å². The summed E-state index contributed by atoms with van der Waals surface area (Å²) in [5.74, 6) is 0.797. The molecule has 0 aliphatic carbocycles. The summed E-state index contributed by atoms with van der Waals surface area (Å²) in [6.07, 6.45) is 5.68. The molecule has 2 aromatic heterocycles. The fourth-order valence-electron chi connectivity index (χ4n) is 1.55. The molecule has 6 heteroatoms. The second kappa shape index (κ2) is 4.71. The van der Waals surface area contributed by atoms with Crippen molar-refractivity contribution in [1.82, 2.24) is 25.5 Å². The number of nitrogens with zero attached hydrogens (tertiary/aromatic N) is 3. The Kier molecular flexibility index (Phi) is 3.11. The molecule has 0 fully saturated rings. The first kappa shape index (κ1) is 10.6. The van der Waals surface area contributed by atoms with Crippen molar-refractivity contribution in [3.05, 3.63) is 36.2 Å². The van der Waals surface area contributed by atoms with Gasteiger partial charge in [0.1, 0.15) is 12.2 Å². The van der Waals surface area contributed by atoms with Crippen LogP contribution in [0.1, 0.15) is 17.4 Å². The highest BCUT2D eigenvalue weighted by atomic mass is 15.2. The minimum absolute atomic E-state index is 0.0639. The molecule has 1 unspecified atom stereocenters. The Labute approximate surface area is 93.3 Å². The van der Waals surface area contributed by atoms with Crippen LogP contribution in [0.2, 0.25) is 0 Å². The van der Waals surface area contributed by atoms with Crippen molar-refractivity contribution in [3.8, 4) is 0 Å². The van der Waals surface area contributed by atoms with Crippen LogP contribution in [0, 0.1) is 0 Å². The van der Waals surface area contributed by atoms with Crippen LogP contribution in [0.4, 0.5) is 5.69 Å². The molecule has 0 amide bonds. The summed E-state index contributed by atoms with van der Waals surface area (Å²) in [4.78, 5) is 8.18. The molecule has 0 bridgehead atoms. The third-order valence-corrected chi connectivity index (χ3v) is 2.48. The molecular formula is C10H14N6. The van der Waals surface area contributed by atoms with E-state index in [-0.39, 0.29) is 6.04 Å². The molecule has 0 saturated carbocycles. The summed E-state index contributed by atoms with van der Waals surface area (Å²) in [6.45, 7) is 0. The summed E-state index contributed by atoms with van der Waals surface area (Å²) in [7, 11) is 1.87. The molecule has 0 spiro atoms. The molecule has 0 aliphatic rings. The van der Waals surface area contributed by atoms with Gasteiger partial charge in [-0.3, -0.25) is 10.1 Å². The van der Waals surface area contributed by atoms with Crippen molar-refractivity contribution < 1.29 is 0 Å². The first-order valence-electron chi connectivity index (χ1n) is 5.02. The number of nitrogens with two attached hydrogens (primary N) is 1. The van der Waals surface area contributed by atoms with E-state index in [2.05, 4.69) is 25.5 Å². The van der Waals surface area contributed by atoms with E-state index < -0.39 is 0 Å². The van der Waals surface area contributed by atoms with Gasteiger partial charge >= 0.3 is 0 Å². The lowest BCUT2D eigenvalue weighted by molar-refractivity contribution is 0.559. The van der Waals surface area contributed by atoms with E-state index in [9.17, 15) is 0 Å². The first-order valence-corrected chi connectivity index (χ1v) is 5.02. The van der Waals surface area contributed by atoms with E-state index >= 15 is 0 Å². The second-order valence-corrected chi connectivity index (χ2v) is 3.49. The summed E-state index contributed by atoms with van der Waals surface area (Å²) in [6, 6.07) is 1.86. The fraction of sp³-hybridized carbons (Fsp3) is 0.300. The largest absolute Gasteiger partial charge is 0.398 e. The molecule has 0 aromatic carbocycles. The van der Waals surface area contributed by atoms with E-state index in [1.807, 2.05) is 7.05 Å². The molecule has 6 nitrogen and oxygen atoms in total. The molecular weight excluding hydrogens is 204 g/mol. The Morgan fingerprint density at radius 2 is 2.44 bits per heavy atom. The number of rotatable bonds is 4. The van der Waals surface area contributed by atoms with Crippen molar-refractivity contribution in [3.63, 3.8) is 0 Å². The molecule has 2 aromatic rings. The summed E-state index contributed by atoms with van der Waals surface area (Å²) in [5.41, 5.74) is 7.61. The molecule has 16 heavy (non-hydrogen) atoms. The van der Waals surface area contributed by atoms with Crippen LogP contribution in [0.15, 0.2) is 24.8 Å². The number of anilines is 1. The molecule has 4 N–H and O–H groups in total. The number of nitrogen functional groups attached to an aromatic ring is 1. The van der Waals surface area contributed by atoms with Gasteiger partial charge in [-0.05, 0) is 25.1 Å². The van der Waals surface area contributed by atoms with E-state index in [0.717, 1.165) is 23.5 Å². The zero-order valence-corrected chi connectivity index (χ0v) is 9.01. The van der Waals surface area contributed by atoms with Gasteiger partial charge in [0.05, 0.1) is 6.04 Å². The van der Waals surface area contributed by atoms with Crippen LogP contribution >= 0.6 is 0 Å². The minimum atomic E-state index is 0.0639. The van der Waals surface area contributed by atoms with E-state index in [4.69, 9.17) is 5.73 Å². The van der Waals surface area contributed by atoms with Crippen molar-refractivity contribution >= 4 is 5.69 Å². The highest BCUT2D eigenvalue weighted by Crippen LogP contribution is 2.17. The monoisotopic (exact) mass is 218 g/mol. The third kappa shape index (κ3) is 2.17. The summed E-state index contributed by atoms with van der Waals surface area (Å²) >= 11 is 0. The number of pyridine rings is 1. The van der Waals surface area contributed by atoms with Crippen molar-refractivity contribution in [2.24, 2.45) is 0 Å². The maximum Gasteiger partial charge on any atom is 0.141 e. The van der Waals surface area contributed by atoms with Gasteiger partial charge < -0.3 is 11.1 Å². The number of H-pyrrole nitrogens is 1. The van der Waals surface area contributed by atoms with Gasteiger partial charge in [-0.1, -0.05) is 0 Å². The molecule has 1 atom stereocenters. The molecule has 84 valence electrons. The van der Waals surface area contributed by atoms with Crippen molar-refractivity contribution in [2.45, 2.75) is 12.5 Å². The maximum atomic E-state index is 5.86. The second-order valence-electron chi connectivity index (χ2n) is 3.49. The van der Waals surface area contributed by atoms with Crippen LogP contribution in [0.25, 0.3) is 0 Å². The zero-order chi connectivity index (χ0) is 11.4. The smallest absolute Gasteiger partial charge is 0.141 e. The van der Waals surface area contributed by atoms with Gasteiger partial charge in [0.15, 0.2) is 0 Å². The third-order valence-electron chi connectivity index (χ3n) is 2.48. The van der Waals surface area contributed by atoms with Gasteiger partial charge in [-0.2, -0.15) is 5.10 Å². The average Bonchev–Trinajstić information content (AvgIpc) is 2.81. The van der Waals surface area contributed by atoms with Gasteiger partial charge in [-0.25, -0.2) is 4.98 Å². The number of hydrogen-bond donors (Lipinski definition) is 3. The van der Waals surface area contributed by atoms with Crippen LogP contribution in [-0.4, -0.2) is 27.2 Å². The minimum Gasteiger partial charge on any atom is -0.398 e. The Balaban J connectivity index is 2.17. The van der Waals surface area contributed by atoms with Crippen molar-refractivity contribution in [2.75, 3.05) is 12.8 Å². The Morgan fingerprint density at radius 1 is 1.56 bits per heavy atom. The lowest BCUT2D eigenvalue weighted by Crippen LogP contribution is -2.20. The van der Waals surface area contributed by atoms with E-state index in [1.54, 1.807) is 18.5 Å². The fourth-order valence-corrected chi connectivity index (χ4v) is 1.55. The normalized spacial score (nSPS) is 12.6. The molecule has 0 radical (unpaired) electrons. The van der Waals surface area contributed by atoms with Gasteiger partial charge in [0, 0.05) is 18.1 Å². The predicted octanol–water partition coefficient (Wildman–Crippen LogP) is 0.285. The average molecular weight is 218 g/mol. The number of aromatic nitrogens is 4. The molecule has 0 aliphatic heterocycles. The summed E-state index contributed by atoms with van der Waals surface area (Å²) in [5, 5.41) is 9.84.